The second-order valence-corrected chi connectivity index (χ2v) is 4.58. The molecule has 0 saturated heterocycles. The average Bonchev–Trinajstić information content (AvgIpc) is 2.35. The third-order valence-corrected chi connectivity index (χ3v) is 3.13. The van der Waals surface area contributed by atoms with Crippen molar-refractivity contribution in [2.24, 2.45) is 5.92 Å². The van der Waals surface area contributed by atoms with Gasteiger partial charge in [0.15, 0.2) is 0 Å². The van der Waals surface area contributed by atoms with Crippen molar-refractivity contribution in [1.29, 1.82) is 0 Å². The Kier molecular flexibility index (Phi) is 4.73. The molecule has 0 radical (unpaired) electrons. The molecule has 1 aromatic carbocycles. The molecule has 1 rings (SSSR count). The van der Waals surface area contributed by atoms with Gasteiger partial charge in [0.25, 0.3) is 0 Å². The molecule has 2 atom stereocenters. The Morgan fingerprint density at radius 1 is 1.39 bits per heavy atom. The van der Waals surface area contributed by atoms with Crippen LogP contribution in [0.25, 0.3) is 0 Å². The molecule has 1 aromatic rings. The zero-order valence-electron chi connectivity index (χ0n) is 11.0. The van der Waals surface area contributed by atoms with Crippen LogP contribution in [0.5, 0.6) is 5.75 Å². The molecule has 18 heavy (non-hydrogen) atoms. The first kappa shape index (κ1) is 14.5. The van der Waals surface area contributed by atoms with Crippen molar-refractivity contribution in [3.05, 3.63) is 29.8 Å². The maximum Gasteiger partial charge on any atom is 0.309 e. The summed E-state index contributed by atoms with van der Waals surface area (Å²) in [5.41, 5.74) is -0.823. The molecule has 0 heterocycles. The summed E-state index contributed by atoms with van der Waals surface area (Å²) in [5, 5.41) is 19.2. The normalized spacial score (nSPS) is 15.8. The standard InChI is InChI=1S/C14H20O4/c1-4-9-18-12-7-5-11(6-8-12)14(3,17)10(2)13(15)16/h5-8,10,17H,4,9H2,1-3H3,(H,15,16). The summed E-state index contributed by atoms with van der Waals surface area (Å²) in [4.78, 5) is 10.9. The van der Waals surface area contributed by atoms with Gasteiger partial charge in [-0.05, 0) is 38.0 Å². The summed E-state index contributed by atoms with van der Waals surface area (Å²) in [6.45, 7) is 5.66. The molecule has 0 bridgehead atoms. The number of carbonyl (C=O) groups is 1. The van der Waals surface area contributed by atoms with Crippen LogP contribution in [-0.2, 0) is 10.4 Å². The van der Waals surface area contributed by atoms with Crippen molar-refractivity contribution in [3.8, 4) is 5.75 Å². The molecular weight excluding hydrogens is 232 g/mol. The number of aliphatic hydroxyl groups is 1. The summed E-state index contributed by atoms with van der Waals surface area (Å²) < 4.78 is 5.43. The summed E-state index contributed by atoms with van der Waals surface area (Å²) in [5.74, 6) is -1.18. The van der Waals surface area contributed by atoms with Gasteiger partial charge in [-0.25, -0.2) is 0 Å². The molecule has 4 heteroatoms. The van der Waals surface area contributed by atoms with Crippen LogP contribution in [0.4, 0.5) is 0 Å². The third kappa shape index (κ3) is 3.23. The van der Waals surface area contributed by atoms with E-state index in [-0.39, 0.29) is 0 Å². The highest BCUT2D eigenvalue weighted by atomic mass is 16.5. The van der Waals surface area contributed by atoms with Crippen molar-refractivity contribution in [3.63, 3.8) is 0 Å². The van der Waals surface area contributed by atoms with Crippen LogP contribution in [-0.4, -0.2) is 22.8 Å². The van der Waals surface area contributed by atoms with E-state index in [0.29, 0.717) is 12.2 Å². The maximum absolute atomic E-state index is 10.9. The molecule has 0 aliphatic rings. The fourth-order valence-corrected chi connectivity index (χ4v) is 1.60. The van der Waals surface area contributed by atoms with E-state index in [1.54, 1.807) is 24.3 Å². The number of rotatable bonds is 6. The van der Waals surface area contributed by atoms with Crippen LogP contribution in [0.15, 0.2) is 24.3 Å². The molecule has 0 saturated carbocycles. The van der Waals surface area contributed by atoms with E-state index in [4.69, 9.17) is 9.84 Å². The van der Waals surface area contributed by atoms with Crippen LogP contribution in [0.3, 0.4) is 0 Å². The summed E-state index contributed by atoms with van der Waals surface area (Å²) in [7, 11) is 0. The largest absolute Gasteiger partial charge is 0.494 e. The van der Waals surface area contributed by atoms with Crippen LogP contribution in [0, 0.1) is 5.92 Å². The second kappa shape index (κ2) is 5.87. The molecule has 0 aliphatic heterocycles. The van der Waals surface area contributed by atoms with Gasteiger partial charge in [-0.2, -0.15) is 0 Å². The predicted octanol–water partition coefficient (Wildman–Crippen LogP) is 2.40. The SMILES string of the molecule is CCCOc1ccc(C(C)(O)C(C)C(=O)O)cc1. The maximum atomic E-state index is 10.9. The summed E-state index contributed by atoms with van der Waals surface area (Å²) >= 11 is 0. The van der Waals surface area contributed by atoms with Gasteiger partial charge in [0.1, 0.15) is 5.75 Å². The van der Waals surface area contributed by atoms with Crippen LogP contribution >= 0.6 is 0 Å². The minimum absolute atomic E-state index is 0.571. The van der Waals surface area contributed by atoms with Gasteiger partial charge in [0.2, 0.25) is 0 Å². The number of aliphatic carboxylic acids is 1. The highest BCUT2D eigenvalue weighted by Gasteiger charge is 2.35. The van der Waals surface area contributed by atoms with Crippen molar-refractivity contribution in [1.82, 2.24) is 0 Å². The Bertz CT molecular complexity index is 395. The van der Waals surface area contributed by atoms with E-state index in [0.717, 1.165) is 12.2 Å². The quantitative estimate of drug-likeness (QED) is 0.816. The van der Waals surface area contributed by atoms with Gasteiger partial charge in [0.05, 0.1) is 18.1 Å². The minimum atomic E-state index is -1.39. The van der Waals surface area contributed by atoms with Gasteiger partial charge in [-0.3, -0.25) is 4.79 Å². The van der Waals surface area contributed by atoms with E-state index in [9.17, 15) is 9.90 Å². The van der Waals surface area contributed by atoms with E-state index in [1.807, 2.05) is 6.92 Å². The number of carboxylic acid groups (broad SMARTS) is 1. The monoisotopic (exact) mass is 252 g/mol. The number of carboxylic acids is 1. The predicted molar refractivity (Wildman–Crippen MR) is 68.6 cm³/mol. The smallest absolute Gasteiger partial charge is 0.309 e. The lowest BCUT2D eigenvalue weighted by Crippen LogP contribution is -2.35. The van der Waals surface area contributed by atoms with Gasteiger partial charge >= 0.3 is 5.97 Å². The van der Waals surface area contributed by atoms with Crippen LogP contribution < -0.4 is 4.74 Å². The molecule has 2 unspecified atom stereocenters. The molecule has 2 N–H and O–H groups in total. The van der Waals surface area contributed by atoms with Gasteiger partial charge < -0.3 is 14.9 Å². The molecular formula is C14H20O4. The lowest BCUT2D eigenvalue weighted by atomic mass is 9.84. The first-order valence-electron chi connectivity index (χ1n) is 6.08. The van der Waals surface area contributed by atoms with Crippen molar-refractivity contribution < 1.29 is 19.7 Å². The van der Waals surface area contributed by atoms with Gasteiger partial charge in [0, 0.05) is 0 Å². The minimum Gasteiger partial charge on any atom is -0.494 e. The number of hydrogen-bond donors (Lipinski definition) is 2. The molecule has 4 nitrogen and oxygen atoms in total. The van der Waals surface area contributed by atoms with Crippen molar-refractivity contribution in [2.75, 3.05) is 6.61 Å². The highest BCUT2D eigenvalue weighted by Crippen LogP contribution is 2.30. The fourth-order valence-electron chi connectivity index (χ4n) is 1.60. The second-order valence-electron chi connectivity index (χ2n) is 4.58. The van der Waals surface area contributed by atoms with E-state index < -0.39 is 17.5 Å². The first-order valence-corrected chi connectivity index (χ1v) is 6.08. The van der Waals surface area contributed by atoms with Crippen molar-refractivity contribution >= 4 is 5.97 Å². The Hall–Kier alpha value is -1.55. The van der Waals surface area contributed by atoms with Crippen LogP contribution in [0.2, 0.25) is 0 Å². The number of hydrogen-bond acceptors (Lipinski definition) is 3. The van der Waals surface area contributed by atoms with E-state index >= 15 is 0 Å². The molecule has 0 fully saturated rings. The third-order valence-electron chi connectivity index (χ3n) is 3.13. The van der Waals surface area contributed by atoms with Gasteiger partial charge in [-0.1, -0.05) is 19.1 Å². The Morgan fingerprint density at radius 3 is 2.39 bits per heavy atom. The summed E-state index contributed by atoms with van der Waals surface area (Å²) in [6, 6.07) is 6.89. The molecule has 0 spiro atoms. The van der Waals surface area contributed by atoms with Crippen LogP contribution in [0.1, 0.15) is 32.8 Å². The van der Waals surface area contributed by atoms with E-state index in [2.05, 4.69) is 0 Å². The molecule has 100 valence electrons. The fraction of sp³-hybridized carbons (Fsp3) is 0.500. The molecule has 0 aliphatic carbocycles. The topological polar surface area (TPSA) is 66.8 Å². The lowest BCUT2D eigenvalue weighted by Gasteiger charge is -2.28. The summed E-state index contributed by atoms with van der Waals surface area (Å²) in [6.07, 6.45) is 0.926. The average molecular weight is 252 g/mol. The van der Waals surface area contributed by atoms with E-state index in [1.165, 1.54) is 13.8 Å². The Labute approximate surface area is 107 Å². The zero-order chi connectivity index (χ0) is 13.8. The molecule has 0 aromatic heterocycles. The zero-order valence-corrected chi connectivity index (χ0v) is 11.0. The number of ether oxygens (including phenoxy) is 1. The Morgan fingerprint density at radius 2 is 1.94 bits per heavy atom. The Balaban J connectivity index is 2.86. The highest BCUT2D eigenvalue weighted by molar-refractivity contribution is 5.71. The first-order chi connectivity index (χ1) is 8.39. The van der Waals surface area contributed by atoms with Crippen molar-refractivity contribution in [2.45, 2.75) is 32.8 Å². The van der Waals surface area contributed by atoms with Gasteiger partial charge in [-0.15, -0.1) is 0 Å². The molecule has 0 amide bonds. The number of benzene rings is 1. The lowest BCUT2D eigenvalue weighted by molar-refractivity contribution is -0.150.